The highest BCUT2D eigenvalue weighted by molar-refractivity contribution is 7.92. The minimum atomic E-state index is -4.29. The van der Waals surface area contributed by atoms with E-state index in [0.717, 1.165) is 12.1 Å². The lowest BCUT2D eigenvalue weighted by Crippen LogP contribution is -2.44. The Morgan fingerprint density at radius 2 is 1.83 bits per heavy atom. The summed E-state index contributed by atoms with van der Waals surface area (Å²) in [6.07, 6.45) is 0. The number of hydrogen-bond donors (Lipinski definition) is 3. The predicted molar refractivity (Wildman–Crippen MR) is 86.1 cm³/mol. The van der Waals surface area contributed by atoms with Gasteiger partial charge in [-0.1, -0.05) is 13.8 Å². The number of carbonyl (C=O) groups is 1. The van der Waals surface area contributed by atoms with E-state index in [9.17, 15) is 26.0 Å². The molecule has 1 rings (SSSR count). The molecule has 1 atom stereocenters. The number of rotatable bonds is 8. The van der Waals surface area contributed by atoms with Crippen molar-refractivity contribution in [2.75, 3.05) is 10.5 Å². The average Bonchev–Trinajstić information content (AvgIpc) is 2.46. The van der Waals surface area contributed by atoms with E-state index in [1.807, 2.05) is 9.44 Å². The van der Waals surface area contributed by atoms with Crippen molar-refractivity contribution in [3.8, 4) is 0 Å². The number of carboxylic acids is 1. The molecule has 1 aromatic carbocycles. The number of nitrogens with one attached hydrogen (secondary N) is 2. The van der Waals surface area contributed by atoms with Crippen molar-refractivity contribution >= 4 is 31.7 Å². The second kappa shape index (κ2) is 7.45. The molecule has 24 heavy (non-hydrogen) atoms. The number of benzene rings is 1. The maximum atomic E-state index is 14.0. The molecule has 0 radical (unpaired) electrons. The van der Waals surface area contributed by atoms with Crippen LogP contribution in [0.1, 0.15) is 20.8 Å². The molecule has 8 nitrogen and oxygen atoms in total. The Morgan fingerprint density at radius 3 is 2.25 bits per heavy atom. The van der Waals surface area contributed by atoms with Crippen LogP contribution in [-0.4, -0.2) is 39.7 Å². The maximum Gasteiger partial charge on any atom is 0.322 e. The number of halogens is 1. The minimum Gasteiger partial charge on any atom is -0.480 e. The van der Waals surface area contributed by atoms with Gasteiger partial charge in [-0.15, -0.1) is 0 Å². The molecule has 3 N–H and O–H groups in total. The van der Waals surface area contributed by atoms with Gasteiger partial charge in [-0.25, -0.2) is 21.2 Å². The Labute approximate surface area is 140 Å². The van der Waals surface area contributed by atoms with Gasteiger partial charge < -0.3 is 5.11 Å². The van der Waals surface area contributed by atoms with E-state index < -0.39 is 54.4 Å². The van der Waals surface area contributed by atoms with E-state index in [0.29, 0.717) is 6.07 Å². The molecule has 0 saturated heterocycles. The van der Waals surface area contributed by atoms with Gasteiger partial charge in [-0.2, -0.15) is 4.72 Å². The first kappa shape index (κ1) is 20.3. The van der Waals surface area contributed by atoms with Crippen molar-refractivity contribution in [1.29, 1.82) is 0 Å². The van der Waals surface area contributed by atoms with Gasteiger partial charge in [0.05, 0.1) is 16.3 Å². The molecule has 0 saturated carbocycles. The molecule has 1 aromatic rings. The Morgan fingerprint density at radius 1 is 1.25 bits per heavy atom. The Hall–Kier alpha value is -1.72. The summed E-state index contributed by atoms with van der Waals surface area (Å²) < 4.78 is 65.1. The summed E-state index contributed by atoms with van der Waals surface area (Å²) in [7, 11) is -8.00. The summed E-state index contributed by atoms with van der Waals surface area (Å²) in [6, 6.07) is 1.19. The second-order valence-electron chi connectivity index (χ2n) is 5.33. The van der Waals surface area contributed by atoms with Crippen LogP contribution >= 0.6 is 0 Å². The van der Waals surface area contributed by atoms with Crippen LogP contribution < -0.4 is 9.44 Å². The first-order valence-corrected chi connectivity index (χ1v) is 10.1. The lowest BCUT2D eigenvalue weighted by molar-refractivity contribution is -0.140. The first-order chi connectivity index (χ1) is 10.9. The standard InChI is InChI=1S/C13H19FN2O6S2/c1-4-23(19,20)15-11-6-5-9(7-10(11)14)24(21,22)16-12(8(2)3)13(17)18/h5-8,12,15-16H,4H2,1-3H3,(H,17,18)/t12-/m1/s1. The molecule has 0 heterocycles. The molecular weight excluding hydrogens is 363 g/mol. The Bertz CT molecular complexity index is 821. The SMILES string of the molecule is CCS(=O)(=O)Nc1ccc(S(=O)(=O)N[C@@H](C(=O)O)C(C)C)cc1F. The molecule has 0 aromatic heterocycles. The third kappa shape index (κ3) is 5.14. The number of carboxylic acid groups (broad SMARTS) is 1. The summed E-state index contributed by atoms with van der Waals surface area (Å²) >= 11 is 0. The summed E-state index contributed by atoms with van der Waals surface area (Å²) in [5.41, 5.74) is -0.394. The second-order valence-corrected chi connectivity index (χ2v) is 9.05. The van der Waals surface area contributed by atoms with Crippen molar-refractivity contribution in [2.24, 2.45) is 5.92 Å². The normalized spacial score (nSPS) is 13.7. The van der Waals surface area contributed by atoms with Gasteiger partial charge in [0.1, 0.15) is 11.9 Å². The highest BCUT2D eigenvalue weighted by Gasteiger charge is 2.28. The molecule has 0 spiro atoms. The number of aliphatic carboxylic acids is 1. The summed E-state index contributed by atoms with van der Waals surface area (Å²) in [5, 5.41) is 9.03. The van der Waals surface area contributed by atoms with Crippen LogP contribution in [0.4, 0.5) is 10.1 Å². The highest BCUT2D eigenvalue weighted by Crippen LogP contribution is 2.21. The fraction of sp³-hybridized carbons (Fsp3) is 0.462. The third-order valence-electron chi connectivity index (χ3n) is 3.11. The molecule has 0 bridgehead atoms. The van der Waals surface area contributed by atoms with Gasteiger partial charge in [0.25, 0.3) is 0 Å². The average molecular weight is 382 g/mol. The van der Waals surface area contributed by atoms with Crippen molar-refractivity contribution in [3.05, 3.63) is 24.0 Å². The van der Waals surface area contributed by atoms with Gasteiger partial charge in [0, 0.05) is 0 Å². The largest absolute Gasteiger partial charge is 0.480 e. The lowest BCUT2D eigenvalue weighted by Gasteiger charge is -2.18. The van der Waals surface area contributed by atoms with E-state index in [4.69, 9.17) is 5.11 Å². The van der Waals surface area contributed by atoms with E-state index >= 15 is 0 Å². The van der Waals surface area contributed by atoms with Crippen LogP contribution in [0.2, 0.25) is 0 Å². The smallest absolute Gasteiger partial charge is 0.322 e. The van der Waals surface area contributed by atoms with Crippen molar-refractivity contribution < 1.29 is 31.1 Å². The van der Waals surface area contributed by atoms with E-state index in [2.05, 4.69) is 0 Å². The minimum absolute atomic E-state index is 0.275. The number of hydrogen-bond acceptors (Lipinski definition) is 5. The Kier molecular flexibility index (Phi) is 6.31. The zero-order chi connectivity index (χ0) is 18.7. The highest BCUT2D eigenvalue weighted by atomic mass is 32.2. The van der Waals surface area contributed by atoms with Gasteiger partial charge in [0.2, 0.25) is 20.0 Å². The molecule has 0 aliphatic rings. The fourth-order valence-electron chi connectivity index (χ4n) is 1.69. The maximum absolute atomic E-state index is 14.0. The lowest BCUT2D eigenvalue weighted by atomic mass is 10.1. The molecule has 11 heteroatoms. The predicted octanol–water partition coefficient (Wildman–Crippen LogP) is 0.975. The molecule has 0 aliphatic carbocycles. The molecule has 0 unspecified atom stereocenters. The number of anilines is 1. The fourth-order valence-corrected chi connectivity index (χ4v) is 3.69. The monoisotopic (exact) mass is 382 g/mol. The van der Waals surface area contributed by atoms with E-state index in [1.54, 1.807) is 0 Å². The van der Waals surface area contributed by atoms with Crippen molar-refractivity contribution in [3.63, 3.8) is 0 Å². The van der Waals surface area contributed by atoms with Crippen LogP contribution in [0, 0.1) is 11.7 Å². The van der Waals surface area contributed by atoms with E-state index in [1.165, 1.54) is 20.8 Å². The van der Waals surface area contributed by atoms with Crippen molar-refractivity contribution in [2.45, 2.75) is 31.7 Å². The molecule has 0 fully saturated rings. The number of sulfonamides is 2. The van der Waals surface area contributed by atoms with Crippen LogP contribution in [0.15, 0.2) is 23.1 Å². The van der Waals surface area contributed by atoms with Crippen LogP contribution in [-0.2, 0) is 24.8 Å². The quantitative estimate of drug-likeness (QED) is 0.614. The summed E-state index contributed by atoms with van der Waals surface area (Å²) in [6.45, 7) is 4.40. The zero-order valence-electron chi connectivity index (χ0n) is 13.3. The third-order valence-corrected chi connectivity index (χ3v) is 5.84. The van der Waals surface area contributed by atoms with Crippen LogP contribution in [0.3, 0.4) is 0 Å². The van der Waals surface area contributed by atoms with E-state index in [-0.39, 0.29) is 5.75 Å². The molecule has 136 valence electrons. The molecule has 0 aliphatic heterocycles. The molecule has 0 amide bonds. The van der Waals surface area contributed by atoms with Gasteiger partial charge in [-0.05, 0) is 31.0 Å². The van der Waals surface area contributed by atoms with Crippen LogP contribution in [0.25, 0.3) is 0 Å². The summed E-state index contributed by atoms with van der Waals surface area (Å²) in [5.74, 6) is -3.26. The van der Waals surface area contributed by atoms with Gasteiger partial charge >= 0.3 is 5.97 Å². The van der Waals surface area contributed by atoms with Gasteiger partial charge in [-0.3, -0.25) is 9.52 Å². The topological polar surface area (TPSA) is 130 Å². The molecular formula is C13H19FN2O6S2. The zero-order valence-corrected chi connectivity index (χ0v) is 14.9. The van der Waals surface area contributed by atoms with Crippen LogP contribution in [0.5, 0.6) is 0 Å². The Balaban J connectivity index is 3.14. The first-order valence-electron chi connectivity index (χ1n) is 6.94. The van der Waals surface area contributed by atoms with Gasteiger partial charge in [0.15, 0.2) is 0 Å². The van der Waals surface area contributed by atoms with Crippen molar-refractivity contribution in [1.82, 2.24) is 4.72 Å². The summed E-state index contributed by atoms with van der Waals surface area (Å²) in [4.78, 5) is 10.6.